The molecule has 1 aromatic heterocycles. The highest BCUT2D eigenvalue weighted by Gasteiger charge is 2.14. The molecule has 1 N–H and O–H groups in total. The van der Waals surface area contributed by atoms with Gasteiger partial charge < -0.3 is 14.8 Å². The average Bonchev–Trinajstić information content (AvgIpc) is 2.74. The first-order valence-electron chi connectivity index (χ1n) is 6.67. The normalized spacial score (nSPS) is 10.7. The molecule has 0 unspecified atom stereocenters. The van der Waals surface area contributed by atoms with E-state index in [0.29, 0.717) is 18.1 Å². The molecule has 0 radical (unpaired) electrons. The van der Waals surface area contributed by atoms with E-state index in [2.05, 4.69) is 10.4 Å². The van der Waals surface area contributed by atoms with E-state index in [1.54, 1.807) is 18.9 Å². The summed E-state index contributed by atoms with van der Waals surface area (Å²) in [6.45, 7) is 3.23. The van der Waals surface area contributed by atoms with Gasteiger partial charge in [-0.25, -0.2) is 4.68 Å². The lowest BCUT2D eigenvalue weighted by Gasteiger charge is -2.12. The third kappa shape index (κ3) is 3.31. The molecule has 0 aliphatic rings. The number of aromatic nitrogens is 2. The predicted octanol–water partition coefficient (Wildman–Crippen LogP) is 2.69. The molecule has 2 aromatic rings. The van der Waals surface area contributed by atoms with E-state index >= 15 is 0 Å². The maximum absolute atomic E-state index is 6.22. The van der Waals surface area contributed by atoms with Crippen LogP contribution in [0.5, 0.6) is 11.6 Å². The topological polar surface area (TPSA) is 48.3 Å². The minimum Gasteiger partial charge on any atom is -0.496 e. The Hall–Kier alpha value is -1.72. The first-order chi connectivity index (χ1) is 10.1. The van der Waals surface area contributed by atoms with Crippen LogP contribution in [0, 0.1) is 6.92 Å². The van der Waals surface area contributed by atoms with Crippen LogP contribution in [-0.4, -0.2) is 24.0 Å². The van der Waals surface area contributed by atoms with Gasteiger partial charge in [0.15, 0.2) is 0 Å². The SMILES string of the molecule is COc1cccc(Cl)c1CNCc1c(C)nn(C)c1OC. The second-order valence-electron chi connectivity index (χ2n) is 4.72. The fourth-order valence-electron chi connectivity index (χ4n) is 2.35. The van der Waals surface area contributed by atoms with Crippen LogP contribution < -0.4 is 14.8 Å². The number of nitrogens with zero attached hydrogens (tertiary/aromatic N) is 2. The minimum absolute atomic E-state index is 0.611. The smallest absolute Gasteiger partial charge is 0.216 e. The first kappa shape index (κ1) is 15.7. The fraction of sp³-hybridized carbons (Fsp3) is 0.400. The molecule has 0 aliphatic heterocycles. The number of hydrogen-bond donors (Lipinski definition) is 1. The van der Waals surface area contributed by atoms with Crippen molar-refractivity contribution in [3.05, 3.63) is 40.0 Å². The lowest BCUT2D eigenvalue weighted by Crippen LogP contribution is -2.14. The van der Waals surface area contributed by atoms with Crippen molar-refractivity contribution >= 4 is 11.6 Å². The molecule has 0 saturated carbocycles. The number of nitrogens with one attached hydrogen (secondary N) is 1. The summed E-state index contributed by atoms with van der Waals surface area (Å²) in [5, 5.41) is 8.42. The zero-order valence-electron chi connectivity index (χ0n) is 12.7. The molecule has 1 heterocycles. The van der Waals surface area contributed by atoms with Gasteiger partial charge in [-0.3, -0.25) is 0 Å². The summed E-state index contributed by atoms with van der Waals surface area (Å²) < 4.78 is 12.5. The van der Waals surface area contributed by atoms with E-state index in [9.17, 15) is 0 Å². The van der Waals surface area contributed by atoms with Gasteiger partial charge in [-0.15, -0.1) is 0 Å². The second kappa shape index (κ2) is 6.83. The van der Waals surface area contributed by atoms with E-state index in [1.807, 2.05) is 32.2 Å². The van der Waals surface area contributed by atoms with Crippen molar-refractivity contribution in [2.45, 2.75) is 20.0 Å². The number of aryl methyl sites for hydroxylation is 2. The van der Waals surface area contributed by atoms with Crippen LogP contribution in [0.15, 0.2) is 18.2 Å². The Morgan fingerprint density at radius 1 is 1.19 bits per heavy atom. The molecule has 0 atom stereocenters. The zero-order chi connectivity index (χ0) is 15.4. The van der Waals surface area contributed by atoms with Crippen molar-refractivity contribution in [1.29, 1.82) is 0 Å². The van der Waals surface area contributed by atoms with Crippen LogP contribution in [0.4, 0.5) is 0 Å². The summed E-state index contributed by atoms with van der Waals surface area (Å²) >= 11 is 6.22. The highest BCUT2D eigenvalue weighted by molar-refractivity contribution is 6.31. The van der Waals surface area contributed by atoms with Crippen molar-refractivity contribution in [2.24, 2.45) is 7.05 Å². The fourth-order valence-corrected chi connectivity index (χ4v) is 2.59. The van der Waals surface area contributed by atoms with Crippen LogP contribution >= 0.6 is 11.6 Å². The molecule has 2 rings (SSSR count). The van der Waals surface area contributed by atoms with Gasteiger partial charge in [-0.1, -0.05) is 17.7 Å². The van der Waals surface area contributed by atoms with Crippen molar-refractivity contribution in [3.8, 4) is 11.6 Å². The van der Waals surface area contributed by atoms with Crippen LogP contribution in [0.3, 0.4) is 0 Å². The van der Waals surface area contributed by atoms with Crippen LogP contribution in [0.2, 0.25) is 5.02 Å². The first-order valence-corrected chi connectivity index (χ1v) is 7.04. The third-order valence-corrected chi connectivity index (χ3v) is 3.74. The molecular formula is C15H20ClN3O2. The quantitative estimate of drug-likeness (QED) is 0.891. The van der Waals surface area contributed by atoms with Crippen LogP contribution in [-0.2, 0) is 20.1 Å². The Labute approximate surface area is 129 Å². The van der Waals surface area contributed by atoms with Crippen LogP contribution in [0.25, 0.3) is 0 Å². The van der Waals surface area contributed by atoms with Crippen molar-refractivity contribution in [1.82, 2.24) is 15.1 Å². The summed E-state index contributed by atoms with van der Waals surface area (Å²) in [6.07, 6.45) is 0. The highest BCUT2D eigenvalue weighted by Crippen LogP contribution is 2.26. The van der Waals surface area contributed by atoms with Gasteiger partial charge in [0.25, 0.3) is 0 Å². The predicted molar refractivity (Wildman–Crippen MR) is 83.0 cm³/mol. The number of benzene rings is 1. The van der Waals surface area contributed by atoms with Gasteiger partial charge in [-0.05, 0) is 19.1 Å². The Bertz CT molecular complexity index is 626. The highest BCUT2D eigenvalue weighted by atomic mass is 35.5. The average molecular weight is 310 g/mol. The third-order valence-electron chi connectivity index (χ3n) is 3.38. The lowest BCUT2D eigenvalue weighted by atomic mass is 10.2. The molecule has 0 bridgehead atoms. The Balaban J connectivity index is 2.09. The van der Waals surface area contributed by atoms with Crippen molar-refractivity contribution in [2.75, 3.05) is 14.2 Å². The minimum atomic E-state index is 0.611. The molecule has 0 aliphatic carbocycles. The van der Waals surface area contributed by atoms with Gasteiger partial charge in [-0.2, -0.15) is 5.10 Å². The molecule has 5 nitrogen and oxygen atoms in total. The summed E-state index contributed by atoms with van der Waals surface area (Å²) in [4.78, 5) is 0. The van der Waals surface area contributed by atoms with E-state index < -0.39 is 0 Å². The molecular weight excluding hydrogens is 290 g/mol. The lowest BCUT2D eigenvalue weighted by molar-refractivity contribution is 0.367. The van der Waals surface area contributed by atoms with Gasteiger partial charge in [0, 0.05) is 30.7 Å². The molecule has 0 saturated heterocycles. The van der Waals surface area contributed by atoms with E-state index in [-0.39, 0.29) is 0 Å². The maximum atomic E-state index is 6.22. The van der Waals surface area contributed by atoms with Gasteiger partial charge in [0.05, 0.1) is 25.5 Å². The number of ether oxygens (including phenoxy) is 2. The van der Waals surface area contributed by atoms with E-state index in [0.717, 1.165) is 28.5 Å². The second-order valence-corrected chi connectivity index (χ2v) is 5.13. The molecule has 6 heteroatoms. The summed E-state index contributed by atoms with van der Waals surface area (Å²) in [5.74, 6) is 1.55. The molecule has 21 heavy (non-hydrogen) atoms. The molecule has 114 valence electrons. The molecule has 0 spiro atoms. The van der Waals surface area contributed by atoms with E-state index in [4.69, 9.17) is 21.1 Å². The molecule has 1 aromatic carbocycles. The molecule has 0 amide bonds. The maximum Gasteiger partial charge on any atom is 0.216 e. The van der Waals surface area contributed by atoms with Gasteiger partial charge in [0.2, 0.25) is 5.88 Å². The number of hydrogen-bond acceptors (Lipinski definition) is 4. The number of rotatable bonds is 6. The van der Waals surface area contributed by atoms with Crippen molar-refractivity contribution < 1.29 is 9.47 Å². The Morgan fingerprint density at radius 3 is 2.57 bits per heavy atom. The Kier molecular flexibility index (Phi) is 5.09. The summed E-state index contributed by atoms with van der Waals surface area (Å²) in [6, 6.07) is 5.63. The number of methoxy groups -OCH3 is 2. The summed E-state index contributed by atoms with van der Waals surface area (Å²) in [5.41, 5.74) is 2.95. The molecule has 0 fully saturated rings. The monoisotopic (exact) mass is 309 g/mol. The van der Waals surface area contributed by atoms with Gasteiger partial charge >= 0.3 is 0 Å². The van der Waals surface area contributed by atoms with E-state index in [1.165, 1.54) is 0 Å². The van der Waals surface area contributed by atoms with Gasteiger partial charge in [0.1, 0.15) is 5.75 Å². The van der Waals surface area contributed by atoms with Crippen molar-refractivity contribution in [3.63, 3.8) is 0 Å². The zero-order valence-corrected chi connectivity index (χ0v) is 13.5. The Morgan fingerprint density at radius 2 is 1.90 bits per heavy atom. The largest absolute Gasteiger partial charge is 0.496 e. The number of halogens is 1. The standard InChI is InChI=1S/C15H20ClN3O2/c1-10-11(15(21-4)19(2)18-10)8-17-9-12-13(16)6-5-7-14(12)20-3/h5-7,17H,8-9H2,1-4H3. The van der Waals surface area contributed by atoms with Crippen LogP contribution in [0.1, 0.15) is 16.8 Å². The summed E-state index contributed by atoms with van der Waals surface area (Å²) in [7, 11) is 5.16.